The minimum Gasteiger partial charge on any atom is -0.493 e. The van der Waals surface area contributed by atoms with Gasteiger partial charge in [-0.25, -0.2) is 0 Å². The Bertz CT molecular complexity index is 820. The Morgan fingerprint density at radius 2 is 1.93 bits per heavy atom. The molecule has 2 aliphatic rings. The number of likely N-dealkylation sites (N-methyl/N-ethyl adjacent to an activating group) is 1. The summed E-state index contributed by atoms with van der Waals surface area (Å²) in [6.07, 6.45) is 3.34. The van der Waals surface area contributed by atoms with E-state index < -0.39 is 0 Å². The second-order valence-electron chi connectivity index (χ2n) is 7.79. The monoisotopic (exact) mass is 365 g/mol. The first-order valence-corrected chi connectivity index (χ1v) is 9.69. The van der Waals surface area contributed by atoms with Crippen molar-refractivity contribution in [1.82, 2.24) is 4.90 Å². The maximum absolute atomic E-state index is 12.1. The summed E-state index contributed by atoms with van der Waals surface area (Å²) in [6.45, 7) is 1.54. The summed E-state index contributed by atoms with van der Waals surface area (Å²) in [6, 6.07) is 16.8. The molecule has 0 aromatic heterocycles. The van der Waals surface area contributed by atoms with E-state index in [0.717, 1.165) is 36.4 Å². The van der Waals surface area contributed by atoms with Crippen LogP contribution >= 0.6 is 0 Å². The van der Waals surface area contributed by atoms with E-state index in [9.17, 15) is 4.79 Å². The van der Waals surface area contributed by atoms with Crippen molar-refractivity contribution in [3.63, 3.8) is 0 Å². The lowest BCUT2D eigenvalue weighted by Crippen LogP contribution is -2.46. The molecule has 1 heterocycles. The first-order chi connectivity index (χ1) is 13.1. The number of carbonyl (C=O) groups excluding carboxylic acids is 1. The van der Waals surface area contributed by atoms with Gasteiger partial charge in [0.2, 0.25) is 0 Å². The predicted octanol–water partition coefficient (Wildman–Crippen LogP) is 3.97. The average molecular weight is 365 g/mol. The third-order valence-electron chi connectivity index (χ3n) is 6.33. The van der Waals surface area contributed by atoms with E-state index in [0.29, 0.717) is 25.2 Å². The van der Waals surface area contributed by atoms with Crippen molar-refractivity contribution < 1.29 is 14.3 Å². The maximum Gasteiger partial charge on any atom is 0.161 e. The largest absolute Gasteiger partial charge is 0.493 e. The number of ether oxygens (including phenoxy) is 2. The molecule has 4 rings (SSSR count). The van der Waals surface area contributed by atoms with Gasteiger partial charge in [-0.15, -0.1) is 0 Å². The van der Waals surface area contributed by atoms with E-state index >= 15 is 0 Å². The van der Waals surface area contributed by atoms with E-state index in [2.05, 4.69) is 36.2 Å². The summed E-state index contributed by atoms with van der Waals surface area (Å²) in [4.78, 5) is 14.4. The van der Waals surface area contributed by atoms with Gasteiger partial charge < -0.3 is 14.4 Å². The SMILES string of the molecule is COc1ccc([C@@]23CCC(=O)C[C@@H]2N(C)CC3)cc1OCc1ccccc1. The van der Waals surface area contributed by atoms with Gasteiger partial charge in [0.15, 0.2) is 11.5 Å². The van der Waals surface area contributed by atoms with Crippen LogP contribution in [0.2, 0.25) is 0 Å². The van der Waals surface area contributed by atoms with Crippen LogP contribution in [0.25, 0.3) is 0 Å². The molecule has 4 heteroatoms. The highest BCUT2D eigenvalue weighted by Crippen LogP contribution is 2.49. The van der Waals surface area contributed by atoms with Crippen LogP contribution in [0.3, 0.4) is 0 Å². The molecule has 0 bridgehead atoms. The Morgan fingerprint density at radius 3 is 2.70 bits per heavy atom. The number of hydrogen-bond donors (Lipinski definition) is 0. The smallest absolute Gasteiger partial charge is 0.161 e. The number of likely N-dealkylation sites (tertiary alicyclic amines) is 1. The lowest BCUT2D eigenvalue weighted by atomic mass is 9.66. The molecule has 27 heavy (non-hydrogen) atoms. The molecule has 2 fully saturated rings. The number of rotatable bonds is 5. The van der Waals surface area contributed by atoms with Crippen LogP contribution in [0.15, 0.2) is 48.5 Å². The van der Waals surface area contributed by atoms with Crippen LogP contribution in [0.4, 0.5) is 0 Å². The van der Waals surface area contributed by atoms with Crippen molar-refractivity contribution in [2.24, 2.45) is 0 Å². The Balaban J connectivity index is 1.64. The van der Waals surface area contributed by atoms with Gasteiger partial charge in [0.05, 0.1) is 7.11 Å². The summed E-state index contributed by atoms with van der Waals surface area (Å²) in [5.41, 5.74) is 2.44. The molecular weight excluding hydrogens is 338 g/mol. The van der Waals surface area contributed by atoms with Crippen molar-refractivity contribution in [3.8, 4) is 11.5 Å². The van der Waals surface area contributed by atoms with Crippen LogP contribution in [-0.2, 0) is 16.8 Å². The number of methoxy groups -OCH3 is 1. The normalized spacial score (nSPS) is 25.3. The Kier molecular flexibility index (Phi) is 4.92. The number of nitrogens with zero attached hydrogens (tertiary/aromatic N) is 1. The summed E-state index contributed by atoms with van der Waals surface area (Å²) < 4.78 is 11.7. The highest BCUT2D eigenvalue weighted by Gasteiger charge is 2.50. The third-order valence-corrected chi connectivity index (χ3v) is 6.33. The number of benzene rings is 2. The summed E-state index contributed by atoms with van der Waals surface area (Å²) >= 11 is 0. The molecule has 2 aromatic rings. The zero-order valence-corrected chi connectivity index (χ0v) is 16.1. The summed E-state index contributed by atoms with van der Waals surface area (Å²) in [5, 5.41) is 0. The predicted molar refractivity (Wildman–Crippen MR) is 105 cm³/mol. The van der Waals surface area contributed by atoms with Crippen molar-refractivity contribution in [3.05, 3.63) is 59.7 Å². The van der Waals surface area contributed by atoms with Crippen molar-refractivity contribution >= 4 is 5.78 Å². The lowest BCUT2D eigenvalue weighted by Gasteiger charge is -2.41. The van der Waals surface area contributed by atoms with Gasteiger partial charge in [0.25, 0.3) is 0 Å². The second kappa shape index (κ2) is 7.35. The third kappa shape index (κ3) is 3.34. The van der Waals surface area contributed by atoms with Gasteiger partial charge in [0, 0.05) is 24.3 Å². The van der Waals surface area contributed by atoms with Crippen LogP contribution in [-0.4, -0.2) is 37.4 Å². The van der Waals surface area contributed by atoms with Crippen LogP contribution in [0.5, 0.6) is 11.5 Å². The number of Topliss-reactive ketones (excluding diaryl/α,β-unsaturated/α-hetero) is 1. The highest BCUT2D eigenvalue weighted by molar-refractivity contribution is 5.81. The van der Waals surface area contributed by atoms with Crippen molar-refractivity contribution in [2.75, 3.05) is 20.7 Å². The Labute approximate surface area is 161 Å². The second-order valence-corrected chi connectivity index (χ2v) is 7.79. The molecule has 1 aliphatic heterocycles. The van der Waals surface area contributed by atoms with Crippen molar-refractivity contribution in [2.45, 2.75) is 43.7 Å². The standard InChI is InChI=1S/C23H27NO3/c1-24-13-12-23(11-10-19(25)15-22(23)24)18-8-9-20(26-2)21(14-18)27-16-17-6-4-3-5-7-17/h3-9,14,22H,10-13,15-16H2,1-2H3/t22-,23-/m0/s1. The van der Waals surface area contributed by atoms with E-state index in [1.807, 2.05) is 24.3 Å². The molecule has 142 valence electrons. The molecule has 0 unspecified atom stereocenters. The molecule has 2 atom stereocenters. The average Bonchev–Trinajstić information content (AvgIpc) is 3.04. The number of ketones is 1. The molecule has 0 spiro atoms. The topological polar surface area (TPSA) is 38.8 Å². The first-order valence-electron chi connectivity index (χ1n) is 9.69. The molecule has 1 saturated carbocycles. The fourth-order valence-corrected chi connectivity index (χ4v) is 4.76. The number of carbonyl (C=O) groups is 1. The fourth-order valence-electron chi connectivity index (χ4n) is 4.76. The molecule has 2 aromatic carbocycles. The van der Waals surface area contributed by atoms with Gasteiger partial charge in [-0.05, 0) is 49.7 Å². The molecule has 4 nitrogen and oxygen atoms in total. The molecule has 1 saturated heterocycles. The minimum atomic E-state index is 0.0415. The van der Waals surface area contributed by atoms with Gasteiger partial charge in [-0.1, -0.05) is 36.4 Å². The number of fused-ring (bicyclic) bond motifs is 1. The zero-order chi connectivity index (χ0) is 18.9. The molecule has 0 amide bonds. The van der Waals surface area contributed by atoms with Crippen LogP contribution in [0.1, 0.15) is 36.8 Å². The molecule has 0 N–H and O–H groups in total. The minimum absolute atomic E-state index is 0.0415. The highest BCUT2D eigenvalue weighted by atomic mass is 16.5. The van der Waals surface area contributed by atoms with Gasteiger partial charge >= 0.3 is 0 Å². The number of hydrogen-bond acceptors (Lipinski definition) is 4. The van der Waals surface area contributed by atoms with E-state index in [-0.39, 0.29) is 11.5 Å². The molecule has 0 radical (unpaired) electrons. The van der Waals surface area contributed by atoms with E-state index in [4.69, 9.17) is 9.47 Å². The van der Waals surface area contributed by atoms with E-state index in [1.54, 1.807) is 7.11 Å². The summed E-state index contributed by atoms with van der Waals surface area (Å²) in [7, 11) is 3.81. The fraction of sp³-hybridized carbons (Fsp3) is 0.435. The van der Waals surface area contributed by atoms with Crippen molar-refractivity contribution in [1.29, 1.82) is 0 Å². The zero-order valence-electron chi connectivity index (χ0n) is 16.1. The lowest BCUT2D eigenvalue weighted by molar-refractivity contribution is -0.122. The van der Waals surface area contributed by atoms with Gasteiger partial charge in [0.1, 0.15) is 12.4 Å². The van der Waals surface area contributed by atoms with Gasteiger partial charge in [-0.2, -0.15) is 0 Å². The maximum atomic E-state index is 12.1. The quantitative estimate of drug-likeness (QED) is 0.804. The van der Waals surface area contributed by atoms with Crippen LogP contribution in [0, 0.1) is 0 Å². The Hall–Kier alpha value is -2.33. The first kappa shape index (κ1) is 18.1. The molecular formula is C23H27NO3. The van der Waals surface area contributed by atoms with Crippen LogP contribution < -0.4 is 9.47 Å². The summed E-state index contributed by atoms with van der Waals surface area (Å²) in [5.74, 6) is 1.91. The van der Waals surface area contributed by atoms with Gasteiger partial charge in [-0.3, -0.25) is 4.79 Å². The Morgan fingerprint density at radius 1 is 1.11 bits per heavy atom. The molecule has 1 aliphatic carbocycles. The van der Waals surface area contributed by atoms with E-state index in [1.165, 1.54) is 5.56 Å².